The molecule has 6 nitrogen and oxygen atoms in total. The fourth-order valence-corrected chi connectivity index (χ4v) is 5.67. The molecule has 0 amide bonds. The minimum atomic E-state index is -1.21. The van der Waals surface area contributed by atoms with E-state index >= 15 is 0 Å². The molecule has 172 valence electrons. The highest BCUT2D eigenvalue weighted by Gasteiger charge is 2.25. The van der Waals surface area contributed by atoms with Gasteiger partial charge in [0.05, 0.1) is 4.88 Å². The highest BCUT2D eigenvalue weighted by molar-refractivity contribution is 7.18. The molecule has 1 saturated carbocycles. The van der Waals surface area contributed by atoms with Gasteiger partial charge in [0.2, 0.25) is 0 Å². The monoisotopic (exact) mass is 485 g/mol. The lowest BCUT2D eigenvalue weighted by Crippen LogP contribution is -2.25. The van der Waals surface area contributed by atoms with E-state index in [-0.39, 0.29) is 15.6 Å². The number of halogens is 1. The van der Waals surface area contributed by atoms with Crippen LogP contribution in [0.4, 0.5) is 5.69 Å². The van der Waals surface area contributed by atoms with Crippen LogP contribution in [-0.4, -0.2) is 34.8 Å². The predicted molar refractivity (Wildman–Crippen MR) is 130 cm³/mol. The van der Waals surface area contributed by atoms with Crippen LogP contribution in [-0.2, 0) is 4.79 Å². The second kappa shape index (κ2) is 10.3. The van der Waals surface area contributed by atoms with Crippen molar-refractivity contribution in [1.82, 2.24) is 0 Å². The second-order valence-corrected chi connectivity index (χ2v) is 9.47. The highest BCUT2D eigenvalue weighted by Crippen LogP contribution is 2.46. The number of anilines is 1. The fraction of sp³-hybridized carbons (Fsp3) is 0.280. The molecule has 1 aliphatic rings. The Balaban J connectivity index is 1.48. The van der Waals surface area contributed by atoms with Gasteiger partial charge < -0.3 is 20.3 Å². The number of carboxylic acids is 2. The number of ether oxygens (including phenoxy) is 1. The molecule has 2 aromatic carbocycles. The van der Waals surface area contributed by atoms with Crippen LogP contribution in [0.5, 0.6) is 5.75 Å². The summed E-state index contributed by atoms with van der Waals surface area (Å²) in [7, 11) is 0. The Morgan fingerprint density at radius 1 is 1.03 bits per heavy atom. The van der Waals surface area contributed by atoms with Crippen LogP contribution in [0.25, 0.3) is 10.4 Å². The first-order valence-electron chi connectivity index (χ1n) is 10.7. The molecule has 0 aliphatic heterocycles. The summed E-state index contributed by atoms with van der Waals surface area (Å²) < 4.78 is 5.17. The predicted octanol–water partition coefficient (Wildman–Crippen LogP) is 6.37. The second-order valence-electron chi connectivity index (χ2n) is 8.08. The molecule has 0 bridgehead atoms. The van der Waals surface area contributed by atoms with Crippen molar-refractivity contribution in [2.45, 2.75) is 37.6 Å². The summed E-state index contributed by atoms with van der Waals surface area (Å²) in [4.78, 5) is 22.9. The molecule has 0 saturated heterocycles. The average molecular weight is 486 g/mol. The summed E-state index contributed by atoms with van der Waals surface area (Å²) in [5, 5.41) is 22.1. The van der Waals surface area contributed by atoms with Crippen molar-refractivity contribution in [3.8, 4) is 16.2 Å². The third kappa shape index (κ3) is 5.49. The summed E-state index contributed by atoms with van der Waals surface area (Å²) in [5.74, 6) is -1.93. The van der Waals surface area contributed by atoms with Gasteiger partial charge in [0.25, 0.3) is 0 Å². The van der Waals surface area contributed by atoms with Crippen molar-refractivity contribution in [3.05, 3.63) is 70.1 Å². The first kappa shape index (κ1) is 23.1. The van der Waals surface area contributed by atoms with E-state index in [4.69, 9.17) is 21.4 Å². The van der Waals surface area contributed by atoms with E-state index in [1.807, 2.05) is 30.3 Å². The topological polar surface area (TPSA) is 95.9 Å². The van der Waals surface area contributed by atoms with E-state index in [9.17, 15) is 14.7 Å². The van der Waals surface area contributed by atoms with E-state index in [1.165, 1.54) is 5.56 Å². The Bertz CT molecular complexity index is 1140. The van der Waals surface area contributed by atoms with Gasteiger partial charge >= 0.3 is 11.9 Å². The van der Waals surface area contributed by atoms with Gasteiger partial charge in [0.15, 0.2) is 17.2 Å². The largest absolute Gasteiger partial charge is 0.479 e. The maximum atomic E-state index is 11.6. The number of hydrogen-bond acceptors (Lipinski definition) is 5. The van der Waals surface area contributed by atoms with E-state index in [0.29, 0.717) is 16.8 Å². The van der Waals surface area contributed by atoms with Gasteiger partial charge in [-0.2, -0.15) is 0 Å². The zero-order chi connectivity index (χ0) is 23.4. The number of aromatic carboxylic acids is 1. The SMILES string of the molecule is O=C(O)COc1c(C(=O)O)sc(-c2cccc(NC3CCC(c4ccccc4)CC3)c2)c1Cl. The summed E-state index contributed by atoms with van der Waals surface area (Å²) in [6.07, 6.45) is 4.40. The molecule has 1 aliphatic carbocycles. The number of thiophene rings is 1. The molecule has 0 atom stereocenters. The number of aliphatic carboxylic acids is 1. The normalized spacial score (nSPS) is 18.0. The Morgan fingerprint density at radius 2 is 1.76 bits per heavy atom. The summed E-state index contributed by atoms with van der Waals surface area (Å²) in [6, 6.07) is 18.7. The first-order chi connectivity index (χ1) is 15.9. The van der Waals surface area contributed by atoms with Crippen molar-refractivity contribution in [3.63, 3.8) is 0 Å². The summed E-state index contributed by atoms with van der Waals surface area (Å²) >= 11 is 7.39. The molecule has 4 rings (SSSR count). The molecule has 3 aromatic rings. The van der Waals surface area contributed by atoms with E-state index in [1.54, 1.807) is 0 Å². The van der Waals surface area contributed by atoms with Crippen molar-refractivity contribution in [2.24, 2.45) is 0 Å². The standard InChI is InChI=1S/C25H24ClNO5S/c26-21-22(32-14-20(28)29)24(25(30)31)33-23(21)17-7-4-8-19(13-17)27-18-11-9-16(10-12-18)15-5-2-1-3-6-15/h1-8,13,16,18,27H,9-12,14H2,(H,28,29)(H,30,31). The van der Waals surface area contributed by atoms with Crippen LogP contribution < -0.4 is 10.1 Å². The lowest BCUT2D eigenvalue weighted by atomic mass is 9.82. The molecule has 0 unspecified atom stereocenters. The smallest absolute Gasteiger partial charge is 0.349 e. The Hall–Kier alpha value is -3.03. The van der Waals surface area contributed by atoms with Gasteiger partial charge in [-0.15, -0.1) is 11.3 Å². The molecular formula is C25H24ClNO5S. The molecule has 3 N–H and O–H groups in total. The number of nitrogens with one attached hydrogen (secondary N) is 1. The van der Waals surface area contributed by atoms with Crippen molar-refractivity contribution in [1.29, 1.82) is 0 Å². The Labute approximate surface area is 200 Å². The van der Waals surface area contributed by atoms with Gasteiger partial charge in [0, 0.05) is 11.7 Å². The van der Waals surface area contributed by atoms with E-state index < -0.39 is 18.5 Å². The van der Waals surface area contributed by atoms with E-state index in [2.05, 4.69) is 29.6 Å². The average Bonchev–Trinajstić information content (AvgIpc) is 3.15. The summed E-state index contributed by atoms with van der Waals surface area (Å²) in [5.41, 5.74) is 3.09. The highest BCUT2D eigenvalue weighted by atomic mass is 35.5. The van der Waals surface area contributed by atoms with Crippen LogP contribution in [0.2, 0.25) is 5.02 Å². The van der Waals surface area contributed by atoms with Gasteiger partial charge in [0.1, 0.15) is 5.02 Å². The van der Waals surface area contributed by atoms with Gasteiger partial charge in [-0.25, -0.2) is 9.59 Å². The minimum Gasteiger partial charge on any atom is -0.479 e. The molecule has 1 aromatic heterocycles. The van der Waals surface area contributed by atoms with Gasteiger partial charge in [-0.3, -0.25) is 0 Å². The molecule has 8 heteroatoms. The van der Waals surface area contributed by atoms with E-state index in [0.717, 1.165) is 48.3 Å². The first-order valence-corrected chi connectivity index (χ1v) is 11.9. The molecule has 1 heterocycles. The molecule has 1 fully saturated rings. The number of carboxylic acid groups (broad SMARTS) is 2. The molecule has 0 spiro atoms. The zero-order valence-electron chi connectivity index (χ0n) is 17.8. The van der Waals surface area contributed by atoms with Crippen LogP contribution in [0.15, 0.2) is 54.6 Å². The van der Waals surface area contributed by atoms with Crippen molar-refractivity contribution in [2.75, 3.05) is 11.9 Å². The number of rotatable bonds is 8. The molecule has 33 heavy (non-hydrogen) atoms. The van der Waals surface area contributed by atoms with Crippen LogP contribution in [0.3, 0.4) is 0 Å². The van der Waals surface area contributed by atoms with Gasteiger partial charge in [-0.05, 0) is 54.9 Å². The number of carbonyl (C=O) groups is 2. The molecular weight excluding hydrogens is 462 g/mol. The third-order valence-electron chi connectivity index (χ3n) is 5.84. The third-order valence-corrected chi connectivity index (χ3v) is 7.52. The number of hydrogen-bond donors (Lipinski definition) is 3. The fourth-order valence-electron chi connectivity index (χ4n) is 4.27. The lowest BCUT2D eigenvalue weighted by Gasteiger charge is -2.30. The van der Waals surface area contributed by atoms with Crippen LogP contribution >= 0.6 is 22.9 Å². The minimum absolute atomic E-state index is 0.107. The maximum absolute atomic E-state index is 11.6. The van der Waals surface area contributed by atoms with Crippen LogP contribution in [0, 0.1) is 0 Å². The Kier molecular flexibility index (Phi) is 7.20. The zero-order valence-corrected chi connectivity index (χ0v) is 19.4. The summed E-state index contributed by atoms with van der Waals surface area (Å²) in [6.45, 7) is -0.663. The quantitative estimate of drug-likeness (QED) is 0.343. The van der Waals surface area contributed by atoms with Crippen molar-refractivity contribution >= 4 is 40.6 Å². The van der Waals surface area contributed by atoms with Crippen LogP contribution in [0.1, 0.15) is 46.8 Å². The van der Waals surface area contributed by atoms with Gasteiger partial charge in [-0.1, -0.05) is 54.1 Å². The van der Waals surface area contributed by atoms with Crippen molar-refractivity contribution < 1.29 is 24.5 Å². The maximum Gasteiger partial charge on any atom is 0.349 e. The molecule has 0 radical (unpaired) electrons. The number of benzene rings is 2. The Morgan fingerprint density at radius 3 is 2.42 bits per heavy atom. The lowest BCUT2D eigenvalue weighted by molar-refractivity contribution is -0.139.